The lowest BCUT2D eigenvalue weighted by Gasteiger charge is -2.40. The molecule has 0 bridgehead atoms. The number of aliphatic hydroxyl groups excluding tert-OH is 1. The van der Waals surface area contributed by atoms with Crippen molar-refractivity contribution in [2.24, 2.45) is 4.99 Å². The average Bonchev–Trinajstić information content (AvgIpc) is 2.91. The van der Waals surface area contributed by atoms with Crippen LogP contribution in [0.15, 0.2) is 29.3 Å². The summed E-state index contributed by atoms with van der Waals surface area (Å²) in [5.74, 6) is -1.19. The number of quaternary nitrogens is 1. The van der Waals surface area contributed by atoms with Crippen LogP contribution in [0.25, 0.3) is 0 Å². The molecule has 3 atom stereocenters. The Balaban J connectivity index is 2.70. The second-order valence-corrected chi connectivity index (χ2v) is 6.58. The molecule has 0 spiro atoms. The van der Waals surface area contributed by atoms with E-state index in [4.69, 9.17) is 12.2 Å². The number of carboxylic acids is 1. The molecule has 26 heavy (non-hydrogen) atoms. The number of nitrogens with zero attached hydrogens (tertiary/aromatic N) is 2. The molecule has 142 valence electrons. The summed E-state index contributed by atoms with van der Waals surface area (Å²) in [4.78, 5) is 16.3. The molecule has 1 aromatic carbocycles. The molecule has 0 aliphatic carbocycles. The molecule has 1 saturated heterocycles. The molecule has 5 nitrogen and oxygen atoms in total. The second-order valence-electron chi connectivity index (χ2n) is 6.40. The molecule has 1 heterocycles. The Hall–Kier alpha value is -1.80. The monoisotopic (exact) mass is 389 g/mol. The van der Waals surface area contributed by atoms with E-state index in [-0.39, 0.29) is 29.6 Å². The van der Waals surface area contributed by atoms with Gasteiger partial charge in [-0.3, -0.25) is 0 Å². The Labute approximate surface area is 154 Å². The number of rotatable bonds is 6. The van der Waals surface area contributed by atoms with Crippen LogP contribution in [-0.4, -0.2) is 58.1 Å². The number of benzene rings is 1. The van der Waals surface area contributed by atoms with Gasteiger partial charge in [0, 0.05) is 6.42 Å². The summed E-state index contributed by atoms with van der Waals surface area (Å²) in [5.41, 5.74) is -2.19. The first-order valence-electron chi connectivity index (χ1n) is 8.13. The number of hydrogen-bond acceptors (Lipinski definition) is 4. The minimum absolute atomic E-state index is 0.0165. The lowest BCUT2D eigenvalue weighted by Crippen LogP contribution is -2.60. The smallest absolute Gasteiger partial charge is 0.416 e. The van der Waals surface area contributed by atoms with Crippen molar-refractivity contribution in [3.05, 3.63) is 35.4 Å². The van der Waals surface area contributed by atoms with Crippen molar-refractivity contribution in [2.75, 3.05) is 26.2 Å². The number of aliphatic carboxylic acids is 1. The second kappa shape index (κ2) is 7.44. The fourth-order valence-electron chi connectivity index (χ4n) is 4.02. The van der Waals surface area contributed by atoms with E-state index in [0.717, 1.165) is 12.1 Å². The minimum Gasteiger partial charge on any atom is -0.477 e. The maximum absolute atomic E-state index is 13.1. The summed E-state index contributed by atoms with van der Waals surface area (Å²) in [7, 11) is 0. The van der Waals surface area contributed by atoms with Gasteiger partial charge in [-0.15, -0.1) is 0 Å². The third-order valence-corrected chi connectivity index (χ3v) is 5.37. The fourth-order valence-corrected chi connectivity index (χ4v) is 4.18. The Morgan fingerprint density at radius 2 is 2.19 bits per heavy atom. The number of thiocarbonyl (C=S) groups is 1. The standard InChI is InChI=1S/C17H19F3N2O3S/c1-2-22(8-9-23)7-6-16(21-11-26,14(22)15(24)25)12-4-3-5-13(10-12)17(18,19)20/h3-5,10,14,23H,2,6-9H2,1H3/p+1/t14-,16?,22?/m1/s1. The molecule has 0 amide bonds. The van der Waals surface area contributed by atoms with E-state index in [2.05, 4.69) is 10.2 Å². The number of aliphatic hydroxyl groups is 1. The third-order valence-electron chi connectivity index (χ3n) is 5.28. The van der Waals surface area contributed by atoms with Gasteiger partial charge in [-0.1, -0.05) is 12.1 Å². The molecule has 1 aliphatic heterocycles. The van der Waals surface area contributed by atoms with E-state index < -0.39 is 29.3 Å². The van der Waals surface area contributed by atoms with Crippen LogP contribution in [0.2, 0.25) is 0 Å². The molecular formula is C17H20F3N2O3S+. The van der Waals surface area contributed by atoms with E-state index in [0.29, 0.717) is 13.1 Å². The first-order valence-corrected chi connectivity index (χ1v) is 8.54. The van der Waals surface area contributed by atoms with Gasteiger partial charge >= 0.3 is 12.1 Å². The zero-order chi connectivity index (χ0) is 19.6. The summed E-state index contributed by atoms with van der Waals surface area (Å²) in [6, 6.07) is 3.37. The van der Waals surface area contributed by atoms with Gasteiger partial charge in [0.25, 0.3) is 0 Å². The molecule has 1 aromatic rings. The van der Waals surface area contributed by atoms with Crippen molar-refractivity contribution in [3.63, 3.8) is 0 Å². The molecule has 0 saturated carbocycles. The normalized spacial score (nSPS) is 28.6. The SMILES string of the molecule is CC[N+]1(CCO)CCC(N=C=S)(c2cccc(C(F)(F)F)c2)[C@H]1C(=O)O. The molecule has 9 heteroatoms. The fraction of sp³-hybridized carbons (Fsp3) is 0.529. The van der Waals surface area contributed by atoms with Gasteiger partial charge in [0.1, 0.15) is 6.54 Å². The minimum atomic E-state index is -4.56. The van der Waals surface area contributed by atoms with Crippen LogP contribution in [-0.2, 0) is 16.5 Å². The van der Waals surface area contributed by atoms with Crippen LogP contribution >= 0.6 is 12.2 Å². The highest BCUT2D eigenvalue weighted by molar-refractivity contribution is 7.78. The average molecular weight is 389 g/mol. The summed E-state index contributed by atoms with van der Waals surface area (Å²) in [6.07, 6.45) is -4.36. The number of carbonyl (C=O) groups is 1. The Morgan fingerprint density at radius 1 is 1.50 bits per heavy atom. The summed E-state index contributed by atoms with van der Waals surface area (Å²) in [5, 5.41) is 21.5. The van der Waals surface area contributed by atoms with Crippen LogP contribution in [0.4, 0.5) is 13.2 Å². The third kappa shape index (κ3) is 3.40. The Kier molecular flexibility index (Phi) is 5.87. The van der Waals surface area contributed by atoms with Crippen molar-refractivity contribution < 1.29 is 32.7 Å². The van der Waals surface area contributed by atoms with E-state index in [1.165, 1.54) is 12.1 Å². The number of likely N-dealkylation sites (tertiary alicyclic amines) is 1. The summed E-state index contributed by atoms with van der Waals surface area (Å²) < 4.78 is 39.4. The molecule has 2 N–H and O–H groups in total. The molecular weight excluding hydrogens is 369 g/mol. The highest BCUT2D eigenvalue weighted by Crippen LogP contribution is 2.46. The van der Waals surface area contributed by atoms with Gasteiger partial charge in [0.05, 0.1) is 30.4 Å². The highest BCUT2D eigenvalue weighted by Gasteiger charge is 2.62. The van der Waals surface area contributed by atoms with Gasteiger partial charge in [-0.25, -0.2) is 9.79 Å². The van der Waals surface area contributed by atoms with E-state index in [1.54, 1.807) is 6.92 Å². The lowest BCUT2D eigenvalue weighted by atomic mass is 9.82. The van der Waals surface area contributed by atoms with E-state index in [9.17, 15) is 28.2 Å². The first kappa shape index (κ1) is 20.5. The number of isothiocyanates is 1. The van der Waals surface area contributed by atoms with E-state index >= 15 is 0 Å². The zero-order valence-corrected chi connectivity index (χ0v) is 15.0. The first-order chi connectivity index (χ1) is 12.2. The number of carboxylic acid groups (broad SMARTS) is 1. The number of alkyl halides is 3. The topological polar surface area (TPSA) is 69.9 Å². The van der Waals surface area contributed by atoms with Crippen LogP contribution in [0, 0.1) is 0 Å². The molecule has 2 unspecified atom stereocenters. The quantitative estimate of drug-likeness (QED) is 0.446. The van der Waals surface area contributed by atoms with Crippen LogP contribution in [0.5, 0.6) is 0 Å². The maximum atomic E-state index is 13.1. The molecule has 1 fully saturated rings. The summed E-state index contributed by atoms with van der Waals surface area (Å²) in [6.45, 7) is 2.46. The van der Waals surface area contributed by atoms with Crippen LogP contribution in [0.3, 0.4) is 0 Å². The van der Waals surface area contributed by atoms with Crippen molar-refractivity contribution in [1.82, 2.24) is 0 Å². The number of hydrogen-bond donors (Lipinski definition) is 2. The van der Waals surface area contributed by atoms with Crippen molar-refractivity contribution >= 4 is 23.3 Å². The number of aliphatic imine (C=N–C) groups is 1. The maximum Gasteiger partial charge on any atom is 0.416 e. The predicted octanol–water partition coefficient (Wildman–Crippen LogP) is 2.69. The Morgan fingerprint density at radius 3 is 2.69 bits per heavy atom. The van der Waals surface area contributed by atoms with Crippen molar-refractivity contribution in [3.8, 4) is 0 Å². The van der Waals surface area contributed by atoms with Gasteiger partial charge < -0.3 is 14.7 Å². The molecule has 0 radical (unpaired) electrons. The number of halogens is 3. The van der Waals surface area contributed by atoms with Gasteiger partial charge in [0.2, 0.25) is 6.04 Å². The highest BCUT2D eigenvalue weighted by atomic mass is 32.1. The van der Waals surface area contributed by atoms with Gasteiger partial charge in [-0.2, -0.15) is 13.2 Å². The van der Waals surface area contributed by atoms with Crippen LogP contribution < -0.4 is 0 Å². The summed E-state index contributed by atoms with van der Waals surface area (Å²) >= 11 is 4.69. The zero-order valence-electron chi connectivity index (χ0n) is 14.2. The lowest BCUT2D eigenvalue weighted by molar-refractivity contribution is -0.932. The van der Waals surface area contributed by atoms with Gasteiger partial charge in [-0.05, 0) is 36.8 Å². The molecule has 2 rings (SSSR count). The molecule has 1 aliphatic rings. The van der Waals surface area contributed by atoms with Crippen molar-refractivity contribution in [2.45, 2.75) is 31.1 Å². The van der Waals surface area contributed by atoms with Gasteiger partial charge in [0.15, 0.2) is 5.54 Å². The van der Waals surface area contributed by atoms with Crippen LogP contribution in [0.1, 0.15) is 24.5 Å². The number of likely N-dealkylation sites (N-methyl/N-ethyl adjacent to an activating group) is 1. The largest absolute Gasteiger partial charge is 0.477 e. The predicted molar refractivity (Wildman–Crippen MR) is 91.8 cm³/mol. The Bertz CT molecular complexity index is 736. The van der Waals surface area contributed by atoms with E-state index in [1.807, 2.05) is 0 Å². The molecule has 0 aromatic heterocycles. The van der Waals surface area contributed by atoms with Crippen molar-refractivity contribution in [1.29, 1.82) is 0 Å².